The molecule has 0 aliphatic heterocycles. The molecule has 8 heteroatoms. The summed E-state index contributed by atoms with van der Waals surface area (Å²) in [5.41, 5.74) is 5.23. The van der Waals surface area contributed by atoms with Crippen LogP contribution in [-0.2, 0) is 17.9 Å². The normalized spacial score (nSPS) is 12.8. The second kappa shape index (κ2) is 5.79. The molecule has 0 unspecified atom stereocenters. The van der Waals surface area contributed by atoms with Gasteiger partial charge in [0.1, 0.15) is 12.4 Å². The lowest BCUT2D eigenvalue weighted by Crippen LogP contribution is -2.40. The minimum atomic E-state index is -5.69. The average Bonchev–Trinajstić information content (AvgIpc) is 2.29. The Kier molecular flexibility index (Phi) is 4.81. The van der Waals surface area contributed by atoms with Crippen LogP contribution in [0.15, 0.2) is 18.2 Å². The van der Waals surface area contributed by atoms with Gasteiger partial charge in [0.15, 0.2) is 0 Å². The molecular formula is C11H11F6NO. The van der Waals surface area contributed by atoms with E-state index < -0.39 is 31.1 Å². The van der Waals surface area contributed by atoms with E-state index in [9.17, 15) is 26.3 Å². The fourth-order valence-corrected chi connectivity index (χ4v) is 1.27. The molecule has 108 valence electrons. The molecule has 0 fully saturated rings. The lowest BCUT2D eigenvalue weighted by Gasteiger charge is -2.19. The van der Waals surface area contributed by atoms with Gasteiger partial charge in [-0.15, -0.1) is 0 Å². The highest BCUT2D eigenvalue weighted by Crippen LogP contribution is 2.35. The molecule has 0 saturated carbocycles. The lowest BCUT2D eigenvalue weighted by molar-refractivity contribution is -0.297. The Morgan fingerprint density at radius 1 is 1.05 bits per heavy atom. The summed E-state index contributed by atoms with van der Waals surface area (Å²) in [5.74, 6) is -5.73. The minimum absolute atomic E-state index is 0.113. The molecule has 1 aromatic rings. The predicted molar refractivity (Wildman–Crippen MR) is 54.9 cm³/mol. The highest BCUT2D eigenvalue weighted by Gasteiger charge is 2.57. The van der Waals surface area contributed by atoms with Crippen molar-refractivity contribution < 1.29 is 31.1 Å². The van der Waals surface area contributed by atoms with E-state index in [1.54, 1.807) is 0 Å². The zero-order valence-corrected chi connectivity index (χ0v) is 9.61. The second-order valence-corrected chi connectivity index (χ2v) is 3.79. The topological polar surface area (TPSA) is 35.2 Å². The summed E-state index contributed by atoms with van der Waals surface area (Å²) in [6.45, 7) is -2.66. The maximum atomic E-state index is 13.6. The van der Waals surface area contributed by atoms with E-state index in [1.165, 1.54) is 18.2 Å². The molecule has 0 bridgehead atoms. The third-order valence-corrected chi connectivity index (χ3v) is 2.33. The second-order valence-electron chi connectivity index (χ2n) is 3.79. The number of rotatable bonds is 5. The summed E-state index contributed by atoms with van der Waals surface area (Å²) in [6, 6.07) is 4.01. The first kappa shape index (κ1) is 15.8. The zero-order chi connectivity index (χ0) is 14.7. The number of hydrogen-bond donors (Lipinski definition) is 1. The van der Waals surface area contributed by atoms with Crippen LogP contribution in [0, 0.1) is 5.82 Å². The van der Waals surface area contributed by atoms with Crippen LogP contribution in [0.4, 0.5) is 26.3 Å². The highest BCUT2D eigenvalue weighted by molar-refractivity contribution is 5.25. The summed E-state index contributed by atoms with van der Waals surface area (Å²) < 4.78 is 78.3. The summed E-state index contributed by atoms with van der Waals surface area (Å²) in [6.07, 6.45) is -5.69. The molecule has 0 aromatic heterocycles. The van der Waals surface area contributed by atoms with Gasteiger partial charge in [0.05, 0.1) is 6.61 Å². The number of benzene rings is 1. The Bertz CT molecular complexity index is 432. The quantitative estimate of drug-likeness (QED) is 0.845. The van der Waals surface area contributed by atoms with E-state index in [4.69, 9.17) is 5.73 Å². The maximum Gasteiger partial charge on any atom is 0.455 e. The van der Waals surface area contributed by atoms with Crippen molar-refractivity contribution in [2.75, 3.05) is 6.61 Å². The van der Waals surface area contributed by atoms with Gasteiger partial charge >= 0.3 is 12.1 Å². The number of nitrogens with two attached hydrogens (primary N) is 1. The summed E-state index contributed by atoms with van der Waals surface area (Å²) in [7, 11) is 0. The predicted octanol–water partition coefficient (Wildman–Crippen LogP) is 3.00. The molecule has 0 amide bonds. The molecule has 0 aliphatic carbocycles. The Balaban J connectivity index is 2.64. The first-order chi connectivity index (χ1) is 8.69. The monoisotopic (exact) mass is 287 g/mol. The van der Waals surface area contributed by atoms with Crippen molar-refractivity contribution in [3.05, 3.63) is 35.1 Å². The summed E-state index contributed by atoms with van der Waals surface area (Å²) in [5, 5.41) is 0. The van der Waals surface area contributed by atoms with Crippen molar-refractivity contribution >= 4 is 0 Å². The average molecular weight is 287 g/mol. The fraction of sp³-hybridized carbons (Fsp3) is 0.455. The van der Waals surface area contributed by atoms with Crippen molar-refractivity contribution in [3.63, 3.8) is 0 Å². The van der Waals surface area contributed by atoms with Gasteiger partial charge in [0.2, 0.25) is 0 Å². The highest BCUT2D eigenvalue weighted by atomic mass is 19.4. The SMILES string of the molecule is NCc1cccc(COCC(F)(F)C(F)(F)F)c1F. The Labute approximate surface area is 105 Å². The molecule has 0 aliphatic rings. The van der Waals surface area contributed by atoms with Gasteiger partial charge in [-0.25, -0.2) is 4.39 Å². The van der Waals surface area contributed by atoms with Crippen LogP contribution < -0.4 is 5.73 Å². The van der Waals surface area contributed by atoms with E-state index in [1.807, 2.05) is 0 Å². The van der Waals surface area contributed by atoms with Gasteiger partial charge in [-0.05, 0) is 0 Å². The maximum absolute atomic E-state index is 13.6. The molecule has 0 heterocycles. The van der Waals surface area contributed by atoms with Crippen LogP contribution in [0.3, 0.4) is 0 Å². The molecule has 1 aromatic carbocycles. The van der Waals surface area contributed by atoms with Crippen molar-refractivity contribution in [3.8, 4) is 0 Å². The molecular weight excluding hydrogens is 276 g/mol. The van der Waals surface area contributed by atoms with Crippen LogP contribution in [0.1, 0.15) is 11.1 Å². The Hall–Kier alpha value is -1.28. The molecule has 2 N–H and O–H groups in total. The van der Waals surface area contributed by atoms with E-state index >= 15 is 0 Å². The third-order valence-electron chi connectivity index (χ3n) is 2.33. The number of hydrogen-bond acceptors (Lipinski definition) is 2. The largest absolute Gasteiger partial charge is 0.455 e. The van der Waals surface area contributed by atoms with E-state index in [0.29, 0.717) is 0 Å². The van der Waals surface area contributed by atoms with E-state index in [2.05, 4.69) is 4.74 Å². The first-order valence-electron chi connectivity index (χ1n) is 5.17. The van der Waals surface area contributed by atoms with Crippen LogP contribution in [-0.4, -0.2) is 18.7 Å². The molecule has 0 atom stereocenters. The smallest absolute Gasteiger partial charge is 0.370 e. The van der Waals surface area contributed by atoms with E-state index in [0.717, 1.165) is 0 Å². The van der Waals surface area contributed by atoms with Gasteiger partial charge in [-0.1, -0.05) is 18.2 Å². The third kappa shape index (κ3) is 3.84. The standard InChI is InChI=1S/C11H11F6NO/c12-9-7(4-18)2-1-3-8(9)5-19-6-10(13,14)11(15,16)17/h1-3H,4-6,18H2. The lowest BCUT2D eigenvalue weighted by atomic mass is 10.1. The Morgan fingerprint density at radius 3 is 2.16 bits per heavy atom. The molecule has 0 spiro atoms. The Morgan fingerprint density at radius 2 is 1.63 bits per heavy atom. The zero-order valence-electron chi connectivity index (χ0n) is 9.61. The first-order valence-corrected chi connectivity index (χ1v) is 5.17. The molecule has 0 radical (unpaired) electrons. The van der Waals surface area contributed by atoms with Gasteiger partial charge in [0.25, 0.3) is 0 Å². The number of halogens is 6. The van der Waals surface area contributed by atoms with Gasteiger partial charge in [-0.3, -0.25) is 0 Å². The summed E-state index contributed by atoms with van der Waals surface area (Å²) >= 11 is 0. The van der Waals surface area contributed by atoms with E-state index in [-0.39, 0.29) is 17.7 Å². The molecule has 1 rings (SSSR count). The number of ether oxygens (including phenoxy) is 1. The van der Waals surface area contributed by atoms with Crippen LogP contribution >= 0.6 is 0 Å². The molecule has 2 nitrogen and oxygen atoms in total. The van der Waals surface area contributed by atoms with Crippen LogP contribution in [0.2, 0.25) is 0 Å². The van der Waals surface area contributed by atoms with Crippen LogP contribution in [0.25, 0.3) is 0 Å². The van der Waals surface area contributed by atoms with Gasteiger partial charge in [-0.2, -0.15) is 22.0 Å². The minimum Gasteiger partial charge on any atom is -0.370 e. The van der Waals surface area contributed by atoms with Crippen LogP contribution in [0.5, 0.6) is 0 Å². The number of alkyl halides is 5. The van der Waals surface area contributed by atoms with Crippen molar-refractivity contribution in [2.24, 2.45) is 5.73 Å². The van der Waals surface area contributed by atoms with Gasteiger partial charge in [0, 0.05) is 17.7 Å². The van der Waals surface area contributed by atoms with Gasteiger partial charge < -0.3 is 10.5 Å². The van der Waals surface area contributed by atoms with Crippen molar-refractivity contribution in [1.29, 1.82) is 0 Å². The molecule has 0 saturated heterocycles. The van der Waals surface area contributed by atoms with Crippen molar-refractivity contribution in [1.82, 2.24) is 0 Å². The van der Waals surface area contributed by atoms with Crippen molar-refractivity contribution in [2.45, 2.75) is 25.3 Å². The summed E-state index contributed by atoms with van der Waals surface area (Å²) in [4.78, 5) is 0. The molecule has 19 heavy (non-hydrogen) atoms. The fourth-order valence-electron chi connectivity index (χ4n) is 1.27.